The van der Waals surface area contributed by atoms with E-state index in [9.17, 15) is 13.2 Å². The van der Waals surface area contributed by atoms with E-state index >= 15 is 0 Å². The van der Waals surface area contributed by atoms with Gasteiger partial charge in [-0.2, -0.15) is 0 Å². The van der Waals surface area contributed by atoms with E-state index in [-0.39, 0.29) is 21.1 Å². The topological polar surface area (TPSA) is 60.4 Å². The molecule has 0 aromatic heterocycles. The first-order valence-electron chi connectivity index (χ1n) is 5.53. The third-order valence-corrected chi connectivity index (χ3v) is 4.53. The van der Waals surface area contributed by atoms with Gasteiger partial charge in [0.1, 0.15) is 5.75 Å². The van der Waals surface area contributed by atoms with Crippen molar-refractivity contribution in [1.29, 1.82) is 0 Å². The highest BCUT2D eigenvalue weighted by Gasteiger charge is 2.22. The van der Waals surface area contributed by atoms with Crippen LogP contribution < -0.4 is 4.74 Å². The first-order valence-corrected chi connectivity index (χ1v) is 7.02. The van der Waals surface area contributed by atoms with Gasteiger partial charge in [-0.3, -0.25) is 4.79 Å². The highest BCUT2D eigenvalue weighted by molar-refractivity contribution is 7.91. The lowest BCUT2D eigenvalue weighted by molar-refractivity contribution is 0.111. The lowest BCUT2D eigenvalue weighted by atomic mass is 10.2. The smallest absolute Gasteiger partial charge is 0.207 e. The Kier molecular flexibility index (Phi) is 3.66. The molecule has 0 aliphatic carbocycles. The monoisotopic (exact) mass is 276 g/mol. The molecule has 0 aliphatic heterocycles. The van der Waals surface area contributed by atoms with Crippen LogP contribution in [-0.4, -0.2) is 21.8 Å². The molecule has 0 saturated carbocycles. The van der Waals surface area contributed by atoms with Gasteiger partial charge in [0.05, 0.1) is 22.5 Å². The molecule has 5 heteroatoms. The molecule has 0 aliphatic rings. The minimum Gasteiger partial charge on any atom is -0.496 e. The molecule has 0 radical (unpaired) electrons. The van der Waals surface area contributed by atoms with Crippen molar-refractivity contribution in [1.82, 2.24) is 0 Å². The number of carbonyl (C=O) groups is 1. The number of aldehydes is 1. The number of hydrogen-bond donors (Lipinski definition) is 0. The largest absolute Gasteiger partial charge is 0.496 e. The summed E-state index contributed by atoms with van der Waals surface area (Å²) in [7, 11) is -2.34. The van der Waals surface area contributed by atoms with Crippen molar-refractivity contribution in [3.63, 3.8) is 0 Å². The van der Waals surface area contributed by atoms with Crippen molar-refractivity contribution in [2.45, 2.75) is 9.79 Å². The Labute approximate surface area is 111 Å². The van der Waals surface area contributed by atoms with E-state index in [4.69, 9.17) is 4.74 Å². The van der Waals surface area contributed by atoms with Gasteiger partial charge in [0.2, 0.25) is 9.84 Å². The summed E-state index contributed by atoms with van der Waals surface area (Å²) in [6.45, 7) is 0. The van der Waals surface area contributed by atoms with Gasteiger partial charge in [-0.05, 0) is 24.3 Å². The highest BCUT2D eigenvalue weighted by atomic mass is 32.2. The maximum Gasteiger partial charge on any atom is 0.207 e. The van der Waals surface area contributed by atoms with Crippen LogP contribution in [0.25, 0.3) is 0 Å². The lowest BCUT2D eigenvalue weighted by Crippen LogP contribution is -2.06. The molecule has 2 aromatic carbocycles. The van der Waals surface area contributed by atoms with Gasteiger partial charge in [-0.1, -0.05) is 24.3 Å². The average Bonchev–Trinajstić information content (AvgIpc) is 2.47. The third kappa shape index (κ3) is 2.37. The molecular formula is C14H12O4S. The van der Waals surface area contributed by atoms with E-state index in [0.29, 0.717) is 6.29 Å². The molecular weight excluding hydrogens is 264 g/mol. The lowest BCUT2D eigenvalue weighted by Gasteiger charge is -2.10. The Bertz CT molecular complexity index is 691. The van der Waals surface area contributed by atoms with Crippen molar-refractivity contribution < 1.29 is 17.9 Å². The SMILES string of the molecule is COc1cccc(S(=O)(=O)c2ccccc2)c1C=O. The van der Waals surface area contributed by atoms with E-state index in [1.165, 1.54) is 25.3 Å². The minimum absolute atomic E-state index is 0.0360. The summed E-state index contributed by atoms with van der Waals surface area (Å²) < 4.78 is 29.9. The average molecular weight is 276 g/mol. The zero-order valence-electron chi connectivity index (χ0n) is 10.2. The Morgan fingerprint density at radius 1 is 1.00 bits per heavy atom. The van der Waals surface area contributed by atoms with E-state index in [1.807, 2.05) is 0 Å². The summed E-state index contributed by atoms with van der Waals surface area (Å²) in [5.74, 6) is 0.243. The van der Waals surface area contributed by atoms with Gasteiger partial charge in [0.15, 0.2) is 6.29 Å². The fourth-order valence-corrected chi connectivity index (χ4v) is 3.24. The van der Waals surface area contributed by atoms with Crippen LogP contribution in [-0.2, 0) is 9.84 Å². The number of methoxy groups -OCH3 is 1. The molecule has 0 fully saturated rings. The summed E-state index contributed by atoms with van der Waals surface area (Å²) in [4.78, 5) is 11.2. The number of ether oxygens (including phenoxy) is 1. The number of sulfone groups is 1. The standard InChI is InChI=1S/C14H12O4S/c1-18-13-8-5-9-14(12(13)10-15)19(16,17)11-6-3-2-4-7-11/h2-10H,1H3. The van der Waals surface area contributed by atoms with Crippen molar-refractivity contribution in [3.05, 3.63) is 54.1 Å². The fourth-order valence-electron chi connectivity index (χ4n) is 1.78. The summed E-state index contributed by atoms with van der Waals surface area (Å²) in [6.07, 6.45) is 0.495. The van der Waals surface area contributed by atoms with Crippen LogP contribution in [0.15, 0.2) is 58.3 Å². The fraction of sp³-hybridized carbons (Fsp3) is 0.0714. The van der Waals surface area contributed by atoms with Gasteiger partial charge in [-0.15, -0.1) is 0 Å². The van der Waals surface area contributed by atoms with E-state index < -0.39 is 9.84 Å². The van der Waals surface area contributed by atoms with Gasteiger partial charge < -0.3 is 4.74 Å². The second-order valence-corrected chi connectivity index (χ2v) is 5.72. The van der Waals surface area contributed by atoms with Crippen LogP contribution in [0.5, 0.6) is 5.75 Å². The first-order chi connectivity index (χ1) is 9.11. The van der Waals surface area contributed by atoms with E-state index in [2.05, 4.69) is 0 Å². The Morgan fingerprint density at radius 3 is 2.26 bits per heavy atom. The van der Waals surface area contributed by atoms with Crippen LogP contribution >= 0.6 is 0 Å². The van der Waals surface area contributed by atoms with Gasteiger partial charge in [0.25, 0.3) is 0 Å². The van der Waals surface area contributed by atoms with Crippen molar-refractivity contribution in [2.75, 3.05) is 7.11 Å². The number of hydrogen-bond acceptors (Lipinski definition) is 4. The van der Waals surface area contributed by atoms with Crippen LogP contribution in [0.2, 0.25) is 0 Å². The molecule has 4 nitrogen and oxygen atoms in total. The zero-order chi connectivity index (χ0) is 13.9. The first kappa shape index (κ1) is 13.3. The van der Waals surface area contributed by atoms with Crippen LogP contribution in [0.1, 0.15) is 10.4 Å². The summed E-state index contributed by atoms with van der Waals surface area (Å²) in [5, 5.41) is 0. The molecule has 0 amide bonds. The van der Waals surface area contributed by atoms with Crippen molar-refractivity contribution in [3.8, 4) is 5.75 Å². The normalized spacial score (nSPS) is 11.0. The number of rotatable bonds is 4. The molecule has 0 heterocycles. The molecule has 0 N–H and O–H groups in total. The molecule has 2 rings (SSSR count). The predicted molar refractivity (Wildman–Crippen MR) is 70.3 cm³/mol. The second kappa shape index (κ2) is 5.24. The summed E-state index contributed by atoms with van der Waals surface area (Å²) in [6, 6.07) is 12.5. The highest BCUT2D eigenvalue weighted by Crippen LogP contribution is 2.28. The predicted octanol–water partition coefficient (Wildman–Crippen LogP) is 2.34. The molecule has 0 spiro atoms. The quantitative estimate of drug-likeness (QED) is 0.804. The third-order valence-electron chi connectivity index (χ3n) is 2.71. The minimum atomic E-state index is -3.73. The van der Waals surface area contributed by atoms with Gasteiger partial charge in [0, 0.05) is 0 Å². The maximum atomic E-state index is 12.5. The Balaban J connectivity index is 2.69. The molecule has 0 unspecified atom stereocenters. The summed E-state index contributed by atoms with van der Waals surface area (Å²) in [5.41, 5.74) is 0.0360. The number of benzene rings is 2. The Morgan fingerprint density at radius 2 is 1.68 bits per heavy atom. The van der Waals surface area contributed by atoms with Crippen LogP contribution in [0.4, 0.5) is 0 Å². The van der Waals surface area contributed by atoms with Crippen molar-refractivity contribution in [2.24, 2.45) is 0 Å². The zero-order valence-corrected chi connectivity index (χ0v) is 11.1. The van der Waals surface area contributed by atoms with Crippen LogP contribution in [0, 0.1) is 0 Å². The van der Waals surface area contributed by atoms with Crippen molar-refractivity contribution >= 4 is 16.1 Å². The molecule has 0 atom stereocenters. The molecule has 2 aromatic rings. The molecule has 19 heavy (non-hydrogen) atoms. The molecule has 98 valence electrons. The van der Waals surface area contributed by atoms with E-state index in [0.717, 1.165) is 0 Å². The van der Waals surface area contributed by atoms with E-state index in [1.54, 1.807) is 30.3 Å². The number of carbonyl (C=O) groups excluding carboxylic acids is 1. The van der Waals surface area contributed by atoms with Gasteiger partial charge in [-0.25, -0.2) is 8.42 Å². The summed E-state index contributed by atoms with van der Waals surface area (Å²) >= 11 is 0. The molecule has 0 bridgehead atoms. The Hall–Kier alpha value is -2.14. The molecule has 0 saturated heterocycles. The van der Waals surface area contributed by atoms with Crippen LogP contribution in [0.3, 0.4) is 0 Å². The second-order valence-electron chi connectivity index (χ2n) is 3.81. The maximum absolute atomic E-state index is 12.5. The van der Waals surface area contributed by atoms with Gasteiger partial charge >= 0.3 is 0 Å².